The predicted molar refractivity (Wildman–Crippen MR) is 124 cm³/mol. The zero-order valence-electron chi connectivity index (χ0n) is 19.5. The third-order valence-corrected chi connectivity index (χ3v) is 9.01. The van der Waals surface area contributed by atoms with E-state index in [9.17, 15) is 23.4 Å². The normalized spacial score (nSPS) is 27.6. The Morgan fingerprint density at radius 2 is 1.81 bits per heavy atom. The Kier molecular flexibility index (Phi) is 8.20. The molecule has 0 bridgehead atoms. The number of rotatable bonds is 8. The van der Waals surface area contributed by atoms with Crippen molar-refractivity contribution < 1.29 is 23.4 Å². The standard InChI is InChI=1S/C23H39N3O5S/c1-23(2,3)32(30,31)24-14-8-7-11-20(27)25-16-12-13-18-19(15-16)22(29)26(21(18)28)17-9-5-4-6-10-17/h12-13,17,19,21-22,24,28-29H,4-11,14-15H2,1-3H3,(H,25,27). The maximum absolute atomic E-state index is 12.3. The molecule has 3 atom stereocenters. The minimum atomic E-state index is -3.37. The monoisotopic (exact) mass is 469 g/mol. The third-order valence-electron chi connectivity index (χ3n) is 6.82. The van der Waals surface area contributed by atoms with E-state index in [0.717, 1.165) is 37.0 Å². The first-order chi connectivity index (χ1) is 15.0. The number of hydrogen-bond donors (Lipinski definition) is 4. The lowest BCUT2D eigenvalue weighted by molar-refractivity contribution is -0.120. The number of sulfonamides is 1. The maximum atomic E-state index is 12.3. The molecule has 9 heteroatoms. The van der Waals surface area contributed by atoms with Gasteiger partial charge in [0.25, 0.3) is 0 Å². The maximum Gasteiger partial charge on any atom is 0.224 e. The summed E-state index contributed by atoms with van der Waals surface area (Å²) in [6, 6.07) is 0.203. The van der Waals surface area contributed by atoms with Gasteiger partial charge in [0.1, 0.15) is 12.5 Å². The molecule has 0 aromatic rings. The fourth-order valence-corrected chi connectivity index (χ4v) is 5.63. The Morgan fingerprint density at radius 3 is 2.47 bits per heavy atom. The molecule has 2 fully saturated rings. The van der Waals surface area contributed by atoms with Crippen molar-refractivity contribution in [3.05, 3.63) is 23.4 Å². The average molecular weight is 470 g/mol. The van der Waals surface area contributed by atoms with Crippen molar-refractivity contribution in [2.24, 2.45) is 5.92 Å². The molecule has 0 spiro atoms. The van der Waals surface area contributed by atoms with Gasteiger partial charge in [-0.25, -0.2) is 18.0 Å². The Hall–Kier alpha value is -1.26. The van der Waals surface area contributed by atoms with Gasteiger partial charge in [-0.15, -0.1) is 0 Å². The minimum absolute atomic E-state index is 0.121. The van der Waals surface area contributed by atoms with Crippen LogP contribution in [-0.4, -0.2) is 59.2 Å². The number of aliphatic hydroxyl groups excluding tert-OH is 2. The zero-order valence-corrected chi connectivity index (χ0v) is 20.3. The summed E-state index contributed by atoms with van der Waals surface area (Å²) in [7, 11) is -3.37. The number of unbranched alkanes of at least 4 members (excludes halogenated alkanes) is 1. The molecule has 0 aromatic carbocycles. The third kappa shape index (κ3) is 5.80. The summed E-state index contributed by atoms with van der Waals surface area (Å²) in [5.41, 5.74) is 1.57. The molecular weight excluding hydrogens is 430 g/mol. The van der Waals surface area contributed by atoms with Crippen LogP contribution < -0.4 is 10.0 Å². The van der Waals surface area contributed by atoms with Crippen LogP contribution in [0.4, 0.5) is 0 Å². The second-order valence-corrected chi connectivity index (χ2v) is 12.7. The van der Waals surface area contributed by atoms with Gasteiger partial charge in [-0.2, -0.15) is 0 Å². The molecule has 0 radical (unpaired) electrons. The van der Waals surface area contributed by atoms with E-state index in [1.165, 1.54) is 6.42 Å². The lowest BCUT2D eigenvalue weighted by Crippen LogP contribution is -2.46. The molecule has 32 heavy (non-hydrogen) atoms. The van der Waals surface area contributed by atoms with Crippen molar-refractivity contribution in [3.8, 4) is 0 Å². The largest absolute Gasteiger partial charge is 0.378 e. The Balaban J connectivity index is 1.44. The van der Waals surface area contributed by atoms with Gasteiger partial charge in [-0.3, -0.25) is 4.79 Å². The Bertz CT molecular complexity index is 840. The number of nitrogens with one attached hydrogen (secondary N) is 2. The van der Waals surface area contributed by atoms with Crippen molar-refractivity contribution in [2.75, 3.05) is 6.54 Å². The number of aliphatic hydroxyl groups is 2. The SMILES string of the molecule is CC(C)(C)S(=O)(=O)NCCCCC(=O)NC1=CC=C2C(C1)C(O)N(C1CCCCC1)C2O. The van der Waals surface area contributed by atoms with E-state index in [4.69, 9.17) is 0 Å². The van der Waals surface area contributed by atoms with Gasteiger partial charge >= 0.3 is 0 Å². The molecule has 1 heterocycles. The van der Waals surface area contributed by atoms with Crippen LogP contribution in [0.15, 0.2) is 23.4 Å². The lowest BCUT2D eigenvalue weighted by Gasteiger charge is -2.35. The molecule has 0 aromatic heterocycles. The second kappa shape index (κ2) is 10.3. The predicted octanol–water partition coefficient (Wildman–Crippen LogP) is 2.11. The number of hydrogen-bond acceptors (Lipinski definition) is 6. The highest BCUT2D eigenvalue weighted by Gasteiger charge is 2.47. The molecule has 8 nitrogen and oxygen atoms in total. The molecular formula is C23H39N3O5S. The summed E-state index contributed by atoms with van der Waals surface area (Å²) in [5, 5.41) is 24.6. The van der Waals surface area contributed by atoms with Crippen LogP contribution in [0.3, 0.4) is 0 Å². The molecule has 3 unspecified atom stereocenters. The van der Waals surface area contributed by atoms with Crippen LogP contribution in [-0.2, 0) is 14.8 Å². The average Bonchev–Trinajstić information content (AvgIpc) is 2.97. The van der Waals surface area contributed by atoms with Gasteiger partial charge in [-0.1, -0.05) is 25.3 Å². The zero-order chi connectivity index (χ0) is 23.5. The molecule has 1 saturated heterocycles. The fraction of sp³-hybridized carbons (Fsp3) is 0.783. The number of carbonyl (C=O) groups is 1. The number of amides is 1. The van der Waals surface area contributed by atoms with Crippen LogP contribution in [0.1, 0.15) is 78.6 Å². The smallest absolute Gasteiger partial charge is 0.224 e. The first kappa shape index (κ1) is 25.4. The lowest BCUT2D eigenvalue weighted by atomic mass is 9.90. The summed E-state index contributed by atoms with van der Waals surface area (Å²) in [4.78, 5) is 14.2. The highest BCUT2D eigenvalue weighted by atomic mass is 32.2. The van der Waals surface area contributed by atoms with E-state index in [1.807, 2.05) is 17.1 Å². The van der Waals surface area contributed by atoms with Crippen molar-refractivity contribution in [1.82, 2.24) is 14.9 Å². The van der Waals surface area contributed by atoms with Gasteiger partial charge in [0, 0.05) is 30.6 Å². The molecule has 1 aliphatic heterocycles. The van der Waals surface area contributed by atoms with Gasteiger partial charge in [0.05, 0.1) is 4.75 Å². The van der Waals surface area contributed by atoms with Crippen LogP contribution in [0.5, 0.6) is 0 Å². The molecule has 182 valence electrons. The summed E-state index contributed by atoms with van der Waals surface area (Å²) in [6.07, 6.45) is 9.56. The Morgan fingerprint density at radius 1 is 1.12 bits per heavy atom. The molecule has 3 aliphatic rings. The topological polar surface area (TPSA) is 119 Å². The van der Waals surface area contributed by atoms with Crippen molar-refractivity contribution >= 4 is 15.9 Å². The van der Waals surface area contributed by atoms with E-state index in [-0.39, 0.29) is 17.9 Å². The number of fused-ring (bicyclic) bond motifs is 1. The van der Waals surface area contributed by atoms with E-state index in [2.05, 4.69) is 10.0 Å². The van der Waals surface area contributed by atoms with Gasteiger partial charge in [-0.05, 0) is 64.5 Å². The highest BCUT2D eigenvalue weighted by molar-refractivity contribution is 7.90. The summed E-state index contributed by atoms with van der Waals surface area (Å²) in [5.74, 6) is -0.331. The van der Waals surface area contributed by atoms with Crippen LogP contribution in [0.25, 0.3) is 0 Å². The van der Waals surface area contributed by atoms with Crippen LogP contribution in [0, 0.1) is 5.92 Å². The van der Waals surface area contributed by atoms with E-state index >= 15 is 0 Å². The first-order valence-corrected chi connectivity index (χ1v) is 13.3. The molecule has 4 N–H and O–H groups in total. The second-order valence-electron chi connectivity index (χ2n) is 10.2. The van der Waals surface area contributed by atoms with Gasteiger partial charge in [0.2, 0.25) is 15.9 Å². The van der Waals surface area contributed by atoms with Crippen molar-refractivity contribution in [2.45, 2.75) is 102 Å². The summed E-state index contributed by atoms with van der Waals surface area (Å²) >= 11 is 0. The van der Waals surface area contributed by atoms with Crippen LogP contribution >= 0.6 is 0 Å². The van der Waals surface area contributed by atoms with Crippen molar-refractivity contribution in [3.63, 3.8) is 0 Å². The minimum Gasteiger partial charge on any atom is -0.378 e. The first-order valence-electron chi connectivity index (χ1n) is 11.8. The number of nitrogens with zero attached hydrogens (tertiary/aromatic N) is 1. The number of likely N-dealkylation sites (tertiary alicyclic amines) is 1. The number of carbonyl (C=O) groups excluding carboxylic acids is 1. The molecule has 1 saturated carbocycles. The fourth-order valence-electron chi connectivity index (χ4n) is 4.79. The van der Waals surface area contributed by atoms with Gasteiger partial charge in [0.15, 0.2) is 0 Å². The molecule has 2 aliphatic carbocycles. The summed E-state index contributed by atoms with van der Waals surface area (Å²) in [6.45, 7) is 5.25. The van der Waals surface area contributed by atoms with E-state index in [1.54, 1.807) is 20.8 Å². The van der Waals surface area contributed by atoms with E-state index < -0.39 is 27.2 Å². The quantitative estimate of drug-likeness (QED) is 0.404. The summed E-state index contributed by atoms with van der Waals surface area (Å²) < 4.78 is 25.8. The molecule has 1 amide bonds. The van der Waals surface area contributed by atoms with Crippen LogP contribution in [0.2, 0.25) is 0 Å². The number of allylic oxidation sites excluding steroid dienone is 3. The van der Waals surface area contributed by atoms with Gasteiger partial charge < -0.3 is 15.5 Å². The highest BCUT2D eigenvalue weighted by Crippen LogP contribution is 2.42. The Labute approximate surface area is 192 Å². The molecule has 3 rings (SSSR count). The van der Waals surface area contributed by atoms with Crippen molar-refractivity contribution in [1.29, 1.82) is 0 Å². The van der Waals surface area contributed by atoms with E-state index in [0.29, 0.717) is 32.2 Å².